The van der Waals surface area contributed by atoms with Crippen molar-refractivity contribution in [2.45, 2.75) is 58.8 Å². The number of rotatable bonds is 8. The Morgan fingerprint density at radius 3 is 1.23 bits per heavy atom. The van der Waals surface area contributed by atoms with E-state index in [9.17, 15) is 0 Å². The molecule has 0 heterocycles. The molecule has 6 rings (SSSR count). The van der Waals surface area contributed by atoms with Crippen LogP contribution in [0.3, 0.4) is 0 Å². The largest absolute Gasteiger partial charge is 1.00 e. The van der Waals surface area contributed by atoms with Crippen molar-refractivity contribution in [3.8, 4) is 22.3 Å². The van der Waals surface area contributed by atoms with Crippen LogP contribution in [0.25, 0.3) is 43.8 Å². The Bertz CT molecular complexity index is 1470. The third-order valence-electron chi connectivity index (χ3n) is 7.43. The summed E-state index contributed by atoms with van der Waals surface area (Å²) >= 11 is 0. The molecule has 0 radical (unpaired) electrons. The molecule has 0 spiro atoms. The molecule has 0 atom stereocenters. The maximum atomic E-state index is 3.38. The molecule has 0 saturated heterocycles. The van der Waals surface area contributed by atoms with Crippen LogP contribution < -0.4 is 24.8 Å². The number of benzene rings is 4. The van der Waals surface area contributed by atoms with Crippen LogP contribution in [0, 0.1) is 13.8 Å². The normalized spacial score (nSPS) is 9.91. The first kappa shape index (κ1) is 39.6. The Morgan fingerprint density at radius 2 is 0.886 bits per heavy atom. The van der Waals surface area contributed by atoms with Gasteiger partial charge in [-0.3, -0.25) is 0 Å². The second kappa shape index (κ2) is 21.3. The van der Waals surface area contributed by atoms with Crippen LogP contribution in [-0.4, -0.2) is 0 Å². The summed E-state index contributed by atoms with van der Waals surface area (Å²) in [6.45, 7) is 11.2. The Labute approximate surface area is 297 Å². The average Bonchev–Trinajstić information content (AvgIpc) is 3.64. The van der Waals surface area contributed by atoms with Crippen LogP contribution in [0.1, 0.15) is 57.1 Å². The van der Waals surface area contributed by atoms with E-state index in [1.807, 2.05) is 0 Å². The molecule has 0 N–H and O–H groups in total. The zero-order valence-electron chi connectivity index (χ0n) is 26.2. The van der Waals surface area contributed by atoms with Gasteiger partial charge in [-0.15, -0.1) is 69.1 Å². The molecule has 0 bridgehead atoms. The van der Waals surface area contributed by atoms with Crippen molar-refractivity contribution in [3.05, 3.63) is 146 Å². The predicted molar refractivity (Wildman–Crippen MR) is 183 cm³/mol. The third kappa shape index (κ3) is 10.9. The summed E-state index contributed by atoms with van der Waals surface area (Å²) in [6, 6.07) is 44.0. The van der Waals surface area contributed by atoms with Crippen LogP contribution >= 0.6 is 0 Å². The number of hydrogen-bond donors (Lipinski definition) is 0. The van der Waals surface area contributed by atoms with Crippen molar-refractivity contribution in [1.82, 2.24) is 0 Å². The van der Waals surface area contributed by atoms with Gasteiger partial charge in [0, 0.05) is 25.8 Å². The first-order valence-corrected chi connectivity index (χ1v) is 15.2. The first-order chi connectivity index (χ1) is 20.2. The number of hydrogen-bond acceptors (Lipinski definition) is 0. The zero-order chi connectivity index (χ0) is 28.9. The van der Waals surface area contributed by atoms with Crippen LogP contribution in [0.4, 0.5) is 0 Å². The van der Waals surface area contributed by atoms with E-state index in [1.165, 1.54) is 93.5 Å². The molecular formula is C41H44Cl2Hf-6. The fourth-order valence-corrected chi connectivity index (χ4v) is 5.38. The maximum absolute atomic E-state index is 3.38. The summed E-state index contributed by atoms with van der Waals surface area (Å²) in [4.78, 5) is 0. The molecule has 6 aromatic rings. The molecule has 0 amide bonds. The molecule has 0 aliphatic heterocycles. The molecule has 44 heavy (non-hydrogen) atoms. The van der Waals surface area contributed by atoms with E-state index >= 15 is 0 Å². The smallest absolute Gasteiger partial charge is 0 e. The third-order valence-corrected chi connectivity index (χ3v) is 7.43. The van der Waals surface area contributed by atoms with Crippen molar-refractivity contribution >= 4 is 21.5 Å². The molecule has 0 unspecified atom stereocenters. The van der Waals surface area contributed by atoms with Gasteiger partial charge in [-0.25, -0.2) is 0 Å². The van der Waals surface area contributed by atoms with Crippen molar-refractivity contribution in [2.24, 2.45) is 0 Å². The molecule has 0 fully saturated rings. The fourth-order valence-electron chi connectivity index (χ4n) is 5.38. The second-order valence-electron chi connectivity index (χ2n) is 10.6. The molecule has 6 aromatic carbocycles. The van der Waals surface area contributed by atoms with E-state index < -0.39 is 0 Å². The van der Waals surface area contributed by atoms with Gasteiger partial charge in [0.2, 0.25) is 0 Å². The van der Waals surface area contributed by atoms with Gasteiger partial charge in [0.25, 0.3) is 0 Å². The average molecular weight is 786 g/mol. The van der Waals surface area contributed by atoms with E-state index in [2.05, 4.69) is 149 Å². The van der Waals surface area contributed by atoms with Gasteiger partial charge in [-0.1, -0.05) is 123 Å². The summed E-state index contributed by atoms with van der Waals surface area (Å²) in [7, 11) is 0. The molecule has 0 saturated carbocycles. The van der Waals surface area contributed by atoms with Gasteiger partial charge in [-0.05, 0) is 24.0 Å². The first-order valence-electron chi connectivity index (χ1n) is 15.2. The van der Waals surface area contributed by atoms with Crippen LogP contribution in [-0.2, 0) is 38.7 Å². The summed E-state index contributed by atoms with van der Waals surface area (Å²) in [6.07, 6.45) is 8.20. The minimum atomic E-state index is 0. The van der Waals surface area contributed by atoms with Gasteiger partial charge < -0.3 is 45.1 Å². The van der Waals surface area contributed by atoms with E-state index in [0.717, 1.165) is 6.42 Å². The molecular weight excluding hydrogens is 742 g/mol. The Morgan fingerprint density at radius 1 is 0.523 bits per heavy atom. The van der Waals surface area contributed by atoms with Crippen molar-refractivity contribution in [2.75, 3.05) is 0 Å². The minimum Gasteiger partial charge on any atom is -1.00 e. The van der Waals surface area contributed by atoms with Crippen LogP contribution in [0.15, 0.2) is 121 Å². The zero-order valence-corrected chi connectivity index (χ0v) is 31.3. The van der Waals surface area contributed by atoms with E-state index in [-0.39, 0.29) is 50.7 Å². The molecule has 0 nitrogen and oxygen atoms in total. The van der Waals surface area contributed by atoms with Crippen molar-refractivity contribution in [3.63, 3.8) is 0 Å². The summed E-state index contributed by atoms with van der Waals surface area (Å²) in [5.41, 5.74) is 8.25. The summed E-state index contributed by atoms with van der Waals surface area (Å²) < 4.78 is 0. The standard InChI is InChI=1S/2C19H19.C3H6.2ClH.Hf/c2*1-2-3-8-15-13-17-11-7-12-18(19(17)14-15)16-9-5-4-6-10-16;1-3-2;;;/h2*4-7,9-14H,2-3,8H2,1H3;1-3H2;2*1H;/q2*-1;-2;;;/p-2. The predicted octanol–water partition coefficient (Wildman–Crippen LogP) is 6.19. The van der Waals surface area contributed by atoms with Gasteiger partial charge in [0.1, 0.15) is 0 Å². The van der Waals surface area contributed by atoms with E-state index in [1.54, 1.807) is 0 Å². The van der Waals surface area contributed by atoms with E-state index in [0.29, 0.717) is 0 Å². The van der Waals surface area contributed by atoms with Crippen LogP contribution in [0.5, 0.6) is 0 Å². The minimum absolute atomic E-state index is 0. The Kier molecular flexibility index (Phi) is 19.2. The Balaban J connectivity index is 0.000000380. The van der Waals surface area contributed by atoms with Gasteiger partial charge >= 0.3 is 0 Å². The van der Waals surface area contributed by atoms with Crippen molar-refractivity contribution < 1.29 is 50.7 Å². The molecule has 0 aromatic heterocycles. The number of unbranched alkanes of at least 4 members (excludes halogenated alkanes) is 2. The quantitative estimate of drug-likeness (QED) is 0.128. The number of fused-ring (bicyclic) bond motifs is 2. The second-order valence-corrected chi connectivity index (χ2v) is 10.6. The SMILES string of the molecule is CCCCc1cc2c(-c3ccccc3)cccc2[cH-]1.CCCCc1cc2c(-c3ccccc3)cccc2[cH-]1.[CH2-]C[CH2-].[Cl-].[Cl-].[Hf]. The van der Waals surface area contributed by atoms with Crippen molar-refractivity contribution in [1.29, 1.82) is 0 Å². The maximum Gasteiger partial charge on any atom is 0 e. The van der Waals surface area contributed by atoms with Gasteiger partial charge in [0.15, 0.2) is 0 Å². The molecule has 0 aliphatic rings. The number of halogens is 2. The monoisotopic (exact) mass is 786 g/mol. The molecule has 3 heteroatoms. The van der Waals surface area contributed by atoms with E-state index in [4.69, 9.17) is 0 Å². The molecule has 0 aliphatic carbocycles. The molecule has 232 valence electrons. The summed E-state index contributed by atoms with van der Waals surface area (Å²) in [5.74, 6) is 0. The van der Waals surface area contributed by atoms with Crippen LogP contribution in [0.2, 0.25) is 0 Å². The topological polar surface area (TPSA) is 0 Å². The number of aryl methyl sites for hydroxylation is 2. The van der Waals surface area contributed by atoms with Gasteiger partial charge in [0.05, 0.1) is 0 Å². The van der Waals surface area contributed by atoms with Gasteiger partial charge in [-0.2, -0.15) is 12.1 Å². The fraction of sp³-hybridized carbons (Fsp3) is 0.220. The Hall–Kier alpha value is -2.45. The summed E-state index contributed by atoms with van der Waals surface area (Å²) in [5, 5.41) is 5.51.